The molecular formula is C14H16N2O. The Kier molecular flexibility index (Phi) is 2.21. The van der Waals surface area contributed by atoms with Gasteiger partial charge in [0.05, 0.1) is 5.69 Å². The van der Waals surface area contributed by atoms with Crippen molar-refractivity contribution in [3.8, 4) is 0 Å². The number of hydrogen-bond donors (Lipinski definition) is 1. The third kappa shape index (κ3) is 1.62. The summed E-state index contributed by atoms with van der Waals surface area (Å²) in [6.07, 6.45) is 3.56. The lowest BCUT2D eigenvalue weighted by Gasteiger charge is -2.04. The molecule has 0 amide bonds. The molecule has 3 rings (SSSR count). The number of rotatable bonds is 1. The average Bonchev–Trinajstić information content (AvgIpc) is 2.85. The average molecular weight is 228 g/mol. The van der Waals surface area contributed by atoms with Gasteiger partial charge in [0.25, 0.3) is 0 Å². The van der Waals surface area contributed by atoms with Gasteiger partial charge in [0.15, 0.2) is 0 Å². The normalized spacial score (nSPS) is 15.2. The molecule has 3 nitrogen and oxygen atoms in total. The Bertz CT molecular complexity index is 541. The lowest BCUT2D eigenvalue weighted by Crippen LogP contribution is -2.01. The van der Waals surface area contributed by atoms with Crippen LogP contribution in [0.3, 0.4) is 0 Å². The summed E-state index contributed by atoms with van der Waals surface area (Å²) in [6.45, 7) is 4.32. The van der Waals surface area contributed by atoms with Crippen LogP contribution in [0.5, 0.6) is 0 Å². The number of fused-ring (bicyclic) bond motifs is 1. The van der Waals surface area contributed by atoms with Crippen molar-refractivity contribution < 1.29 is 4.52 Å². The standard InChI is InChI=1S/C14H16N2O/c1-8-3-10-5-12(6-11(10)4-9(8)2)14-13(15)7-17-16-14/h3-4,7,12H,5-6,15H2,1-2H3. The minimum Gasteiger partial charge on any atom is -0.395 e. The highest BCUT2D eigenvalue weighted by atomic mass is 16.5. The molecule has 1 aromatic carbocycles. The van der Waals surface area contributed by atoms with Crippen molar-refractivity contribution in [1.29, 1.82) is 0 Å². The molecule has 0 spiro atoms. The quantitative estimate of drug-likeness (QED) is 0.816. The van der Waals surface area contributed by atoms with Gasteiger partial charge >= 0.3 is 0 Å². The third-order valence-corrected chi connectivity index (χ3v) is 3.76. The molecule has 1 heterocycles. The number of nitrogens with zero attached hydrogens (tertiary/aromatic N) is 1. The van der Waals surface area contributed by atoms with E-state index in [1.165, 1.54) is 28.5 Å². The summed E-state index contributed by atoms with van der Waals surface area (Å²) < 4.78 is 4.93. The van der Waals surface area contributed by atoms with Crippen LogP contribution < -0.4 is 5.73 Å². The Hall–Kier alpha value is -1.77. The summed E-state index contributed by atoms with van der Waals surface area (Å²) in [6, 6.07) is 4.59. The molecule has 0 saturated heterocycles. The molecule has 2 N–H and O–H groups in total. The van der Waals surface area contributed by atoms with Gasteiger partial charge in [0, 0.05) is 5.92 Å². The SMILES string of the molecule is Cc1cc2c(cc1C)CC(c1nocc1N)C2. The van der Waals surface area contributed by atoms with E-state index < -0.39 is 0 Å². The number of aromatic nitrogens is 1. The van der Waals surface area contributed by atoms with E-state index in [-0.39, 0.29) is 0 Å². The number of hydrogen-bond acceptors (Lipinski definition) is 3. The zero-order valence-electron chi connectivity index (χ0n) is 10.2. The van der Waals surface area contributed by atoms with Crippen molar-refractivity contribution in [2.24, 2.45) is 0 Å². The van der Waals surface area contributed by atoms with Crippen molar-refractivity contribution in [1.82, 2.24) is 5.16 Å². The van der Waals surface area contributed by atoms with Crippen LogP contribution in [0.25, 0.3) is 0 Å². The fourth-order valence-corrected chi connectivity index (χ4v) is 2.68. The molecule has 0 unspecified atom stereocenters. The topological polar surface area (TPSA) is 52.0 Å². The Morgan fingerprint density at radius 2 is 1.76 bits per heavy atom. The molecule has 1 aliphatic carbocycles. The maximum atomic E-state index is 5.86. The van der Waals surface area contributed by atoms with Crippen molar-refractivity contribution >= 4 is 5.69 Å². The number of aryl methyl sites for hydroxylation is 2. The highest BCUT2D eigenvalue weighted by Crippen LogP contribution is 2.36. The van der Waals surface area contributed by atoms with E-state index in [0.717, 1.165) is 18.5 Å². The third-order valence-electron chi connectivity index (χ3n) is 3.76. The molecule has 3 heteroatoms. The first-order valence-corrected chi connectivity index (χ1v) is 5.94. The smallest absolute Gasteiger partial charge is 0.147 e. The molecule has 0 fully saturated rings. The van der Waals surface area contributed by atoms with Crippen LogP contribution in [-0.4, -0.2) is 5.16 Å². The molecule has 0 aliphatic heterocycles. The molecule has 88 valence electrons. The highest BCUT2D eigenvalue weighted by Gasteiger charge is 2.27. The molecule has 0 bridgehead atoms. The van der Waals surface area contributed by atoms with Gasteiger partial charge in [-0.3, -0.25) is 0 Å². The van der Waals surface area contributed by atoms with Crippen LogP contribution in [-0.2, 0) is 12.8 Å². The summed E-state index contributed by atoms with van der Waals surface area (Å²) >= 11 is 0. The number of nitrogens with two attached hydrogens (primary N) is 1. The van der Waals surface area contributed by atoms with Crippen molar-refractivity contribution in [3.05, 3.63) is 46.3 Å². The molecule has 1 aromatic heterocycles. The Balaban J connectivity index is 1.96. The predicted octanol–water partition coefficient (Wildman–Crippen LogP) is 2.76. The van der Waals surface area contributed by atoms with Crippen LogP contribution in [0.2, 0.25) is 0 Å². The van der Waals surface area contributed by atoms with E-state index >= 15 is 0 Å². The van der Waals surface area contributed by atoms with Gasteiger partial charge in [0.1, 0.15) is 12.0 Å². The molecule has 2 aromatic rings. The predicted molar refractivity (Wildman–Crippen MR) is 67.0 cm³/mol. The largest absolute Gasteiger partial charge is 0.395 e. The number of benzene rings is 1. The second-order valence-corrected chi connectivity index (χ2v) is 4.97. The monoisotopic (exact) mass is 228 g/mol. The molecular weight excluding hydrogens is 212 g/mol. The minimum atomic E-state index is 0.380. The summed E-state index contributed by atoms with van der Waals surface area (Å²) in [5.41, 5.74) is 13.0. The maximum Gasteiger partial charge on any atom is 0.147 e. The van der Waals surface area contributed by atoms with Crippen molar-refractivity contribution in [2.45, 2.75) is 32.6 Å². The van der Waals surface area contributed by atoms with Crippen molar-refractivity contribution in [2.75, 3.05) is 5.73 Å². The summed E-state index contributed by atoms with van der Waals surface area (Å²) in [4.78, 5) is 0. The van der Waals surface area contributed by atoms with Crippen LogP contribution in [0.15, 0.2) is 22.9 Å². The van der Waals surface area contributed by atoms with E-state index in [2.05, 4.69) is 31.1 Å². The van der Waals surface area contributed by atoms with Gasteiger partial charge in [-0.2, -0.15) is 0 Å². The lowest BCUT2D eigenvalue weighted by atomic mass is 10.0. The van der Waals surface area contributed by atoms with E-state index in [0.29, 0.717) is 11.6 Å². The first-order valence-electron chi connectivity index (χ1n) is 5.94. The van der Waals surface area contributed by atoms with Crippen LogP contribution >= 0.6 is 0 Å². The zero-order valence-corrected chi connectivity index (χ0v) is 10.2. The van der Waals surface area contributed by atoms with Crippen LogP contribution in [0.1, 0.15) is 33.9 Å². The summed E-state index contributed by atoms with van der Waals surface area (Å²) in [5.74, 6) is 0.380. The van der Waals surface area contributed by atoms with Crippen molar-refractivity contribution in [3.63, 3.8) is 0 Å². The number of anilines is 1. The first kappa shape index (κ1) is 10.4. The van der Waals surface area contributed by atoms with Crippen LogP contribution in [0, 0.1) is 13.8 Å². The van der Waals surface area contributed by atoms with E-state index in [4.69, 9.17) is 10.3 Å². The molecule has 1 aliphatic rings. The summed E-state index contributed by atoms with van der Waals surface area (Å²) in [5, 5.41) is 4.03. The van der Waals surface area contributed by atoms with Gasteiger partial charge in [-0.1, -0.05) is 17.3 Å². The fourth-order valence-electron chi connectivity index (χ4n) is 2.68. The molecule has 17 heavy (non-hydrogen) atoms. The Morgan fingerprint density at radius 1 is 1.18 bits per heavy atom. The number of nitrogen functional groups attached to an aromatic ring is 1. The molecule has 0 atom stereocenters. The Labute approximate surface area is 101 Å². The zero-order chi connectivity index (χ0) is 12.0. The lowest BCUT2D eigenvalue weighted by molar-refractivity contribution is 0.405. The molecule has 0 saturated carbocycles. The van der Waals surface area contributed by atoms with Gasteiger partial charge in [-0.05, 0) is 48.9 Å². The van der Waals surface area contributed by atoms with E-state index in [9.17, 15) is 0 Å². The van der Waals surface area contributed by atoms with Gasteiger partial charge in [-0.15, -0.1) is 0 Å². The Morgan fingerprint density at radius 3 is 2.24 bits per heavy atom. The van der Waals surface area contributed by atoms with E-state index in [1.807, 2.05) is 0 Å². The fraction of sp³-hybridized carbons (Fsp3) is 0.357. The van der Waals surface area contributed by atoms with Gasteiger partial charge in [-0.25, -0.2) is 0 Å². The van der Waals surface area contributed by atoms with Gasteiger partial charge < -0.3 is 10.3 Å². The highest BCUT2D eigenvalue weighted by molar-refractivity contribution is 5.47. The maximum absolute atomic E-state index is 5.86. The first-order chi connectivity index (χ1) is 8.15. The van der Waals surface area contributed by atoms with E-state index in [1.54, 1.807) is 0 Å². The second kappa shape index (κ2) is 3.62. The minimum absolute atomic E-state index is 0.380. The van der Waals surface area contributed by atoms with Crippen LogP contribution in [0.4, 0.5) is 5.69 Å². The van der Waals surface area contributed by atoms with Gasteiger partial charge in [0.2, 0.25) is 0 Å². The molecule has 0 radical (unpaired) electrons. The second-order valence-electron chi connectivity index (χ2n) is 4.97. The summed E-state index contributed by atoms with van der Waals surface area (Å²) in [7, 11) is 0.